The number of rotatable bonds is 1. The van der Waals surface area contributed by atoms with Gasteiger partial charge in [-0.3, -0.25) is 0 Å². The fourth-order valence-corrected chi connectivity index (χ4v) is 1.12. The molecule has 0 bridgehead atoms. The summed E-state index contributed by atoms with van der Waals surface area (Å²) in [5, 5.41) is 9.91. The molecular weight excluding hydrogens is 289 g/mol. The van der Waals surface area contributed by atoms with E-state index in [1.165, 1.54) is 12.1 Å². The zero-order valence-electron chi connectivity index (χ0n) is 7.35. The topological polar surface area (TPSA) is 20.2 Å². The fourth-order valence-electron chi connectivity index (χ4n) is 0.879. The summed E-state index contributed by atoms with van der Waals surface area (Å²) in [5.74, 6) is 3.61. The van der Waals surface area contributed by atoms with Crippen LogP contribution in [0.1, 0.15) is 11.7 Å². The molecule has 0 aromatic heterocycles. The lowest BCUT2D eigenvalue weighted by Gasteiger charge is -2.03. The van der Waals surface area contributed by atoms with E-state index in [2.05, 4.69) is 15.9 Å². The maximum absolute atomic E-state index is 12.3. The molecule has 0 amide bonds. The third-order valence-electron chi connectivity index (χ3n) is 1.54. The summed E-state index contributed by atoms with van der Waals surface area (Å²) in [7, 11) is 0. The van der Waals surface area contributed by atoms with Crippen molar-refractivity contribution in [1.82, 2.24) is 0 Å². The second-order valence-electron chi connectivity index (χ2n) is 2.72. The van der Waals surface area contributed by atoms with E-state index in [1.807, 2.05) is 5.92 Å². The molecule has 1 unspecified atom stereocenters. The Morgan fingerprint density at radius 1 is 1.33 bits per heavy atom. The van der Waals surface area contributed by atoms with Gasteiger partial charge >= 0.3 is 4.83 Å². The molecule has 0 saturated carbocycles. The van der Waals surface area contributed by atoms with Gasteiger partial charge in [0.15, 0.2) is 0 Å². The lowest BCUT2D eigenvalue weighted by Crippen LogP contribution is -2.01. The van der Waals surface area contributed by atoms with E-state index in [0.717, 1.165) is 0 Å². The van der Waals surface area contributed by atoms with E-state index in [0.29, 0.717) is 10.6 Å². The molecule has 1 atom stereocenters. The Morgan fingerprint density at radius 3 is 2.33 bits per heavy atom. The first kappa shape index (κ1) is 12.4. The molecule has 1 rings (SSSR count). The Bertz CT molecular complexity index is 389. The molecule has 1 nitrogen and oxygen atoms in total. The molecule has 0 heterocycles. The van der Waals surface area contributed by atoms with Crippen LogP contribution in [-0.4, -0.2) is 9.94 Å². The van der Waals surface area contributed by atoms with Crippen LogP contribution in [0.5, 0.6) is 0 Å². The van der Waals surface area contributed by atoms with Crippen LogP contribution in [0.25, 0.3) is 0 Å². The van der Waals surface area contributed by atoms with Crippen molar-refractivity contribution < 1.29 is 13.9 Å². The van der Waals surface area contributed by atoms with Crippen LogP contribution in [0, 0.1) is 11.8 Å². The Labute approximate surface area is 99.2 Å². The van der Waals surface area contributed by atoms with Gasteiger partial charge in [-0.15, -0.1) is 0 Å². The summed E-state index contributed by atoms with van der Waals surface area (Å²) >= 11 is 7.67. The van der Waals surface area contributed by atoms with E-state index in [1.54, 1.807) is 18.1 Å². The maximum Gasteiger partial charge on any atom is 0.363 e. The van der Waals surface area contributed by atoms with E-state index < -0.39 is 10.9 Å². The number of alkyl halides is 3. The van der Waals surface area contributed by atoms with Crippen molar-refractivity contribution in [2.45, 2.75) is 10.9 Å². The van der Waals surface area contributed by atoms with E-state index in [4.69, 9.17) is 11.6 Å². The number of halogens is 4. The highest BCUT2D eigenvalue weighted by Crippen LogP contribution is 2.21. The first-order chi connectivity index (χ1) is 6.88. The molecule has 0 saturated heterocycles. The van der Waals surface area contributed by atoms with Gasteiger partial charge in [0.2, 0.25) is 0 Å². The molecule has 1 aromatic carbocycles. The normalized spacial score (nSPS) is 12.9. The Hall–Kier alpha value is -0.630. The van der Waals surface area contributed by atoms with Crippen LogP contribution in [0.15, 0.2) is 24.3 Å². The van der Waals surface area contributed by atoms with Crippen LogP contribution in [-0.2, 0) is 0 Å². The summed E-state index contributed by atoms with van der Waals surface area (Å²) in [6.07, 6.45) is -1.24. The summed E-state index contributed by atoms with van der Waals surface area (Å²) in [6.45, 7) is 0. The number of benzene rings is 1. The molecule has 0 aliphatic heterocycles. The first-order valence-corrected chi connectivity index (χ1v) is 5.08. The molecule has 1 N–H and O–H groups in total. The Balaban J connectivity index is 2.80. The van der Waals surface area contributed by atoms with E-state index in [-0.39, 0.29) is 0 Å². The van der Waals surface area contributed by atoms with Crippen molar-refractivity contribution in [1.29, 1.82) is 0 Å². The standard InChI is InChI=1S/C10H6BrClF2O/c11-10(13,14)6-5-9(15)7-1-3-8(12)4-2-7/h1-4,9,15H. The van der Waals surface area contributed by atoms with Crippen molar-refractivity contribution in [3.05, 3.63) is 34.9 Å². The zero-order valence-corrected chi connectivity index (χ0v) is 9.69. The van der Waals surface area contributed by atoms with Crippen molar-refractivity contribution in [3.63, 3.8) is 0 Å². The molecule has 15 heavy (non-hydrogen) atoms. The van der Waals surface area contributed by atoms with Crippen LogP contribution in [0.4, 0.5) is 8.78 Å². The minimum atomic E-state index is -3.28. The van der Waals surface area contributed by atoms with Crippen molar-refractivity contribution >= 4 is 27.5 Å². The number of aliphatic hydroxyl groups excluding tert-OH is 1. The summed E-state index contributed by atoms with van der Waals surface area (Å²) in [5.41, 5.74) is 0.420. The average Bonchev–Trinajstić information content (AvgIpc) is 2.14. The van der Waals surface area contributed by atoms with Gasteiger partial charge in [-0.2, -0.15) is 8.78 Å². The maximum atomic E-state index is 12.3. The Kier molecular flexibility index (Phi) is 4.09. The zero-order chi connectivity index (χ0) is 11.5. The van der Waals surface area contributed by atoms with Crippen LogP contribution in [0.2, 0.25) is 5.02 Å². The van der Waals surface area contributed by atoms with Crippen molar-refractivity contribution in [3.8, 4) is 11.8 Å². The van der Waals surface area contributed by atoms with E-state index in [9.17, 15) is 13.9 Å². The highest BCUT2D eigenvalue weighted by molar-refractivity contribution is 9.10. The summed E-state index contributed by atoms with van der Waals surface area (Å²) < 4.78 is 24.5. The smallest absolute Gasteiger partial charge is 0.363 e. The Morgan fingerprint density at radius 2 is 1.87 bits per heavy atom. The predicted octanol–water partition coefficient (Wildman–Crippen LogP) is 3.36. The van der Waals surface area contributed by atoms with Gasteiger partial charge in [0, 0.05) is 21.0 Å². The van der Waals surface area contributed by atoms with Crippen LogP contribution < -0.4 is 0 Å². The van der Waals surface area contributed by atoms with Crippen molar-refractivity contribution in [2.24, 2.45) is 0 Å². The monoisotopic (exact) mass is 294 g/mol. The highest BCUT2D eigenvalue weighted by Gasteiger charge is 2.19. The molecule has 1 aromatic rings. The molecular formula is C10H6BrClF2O. The van der Waals surface area contributed by atoms with Gasteiger partial charge in [-0.1, -0.05) is 29.7 Å². The molecule has 5 heteroatoms. The number of hydrogen-bond donors (Lipinski definition) is 1. The van der Waals surface area contributed by atoms with Crippen LogP contribution >= 0.6 is 27.5 Å². The molecule has 0 radical (unpaired) electrons. The molecule has 0 fully saturated rings. The SMILES string of the molecule is OC(C#CC(F)(F)Br)c1ccc(Cl)cc1. The minimum absolute atomic E-state index is 0.420. The molecule has 0 aliphatic carbocycles. The lowest BCUT2D eigenvalue weighted by molar-refractivity contribution is 0.180. The number of aliphatic hydroxyl groups is 1. The lowest BCUT2D eigenvalue weighted by atomic mass is 10.1. The first-order valence-electron chi connectivity index (χ1n) is 3.91. The summed E-state index contributed by atoms with van der Waals surface area (Å²) in [6, 6.07) is 6.14. The second-order valence-corrected chi connectivity index (χ2v) is 4.15. The minimum Gasteiger partial charge on any atom is -0.376 e. The summed E-state index contributed by atoms with van der Waals surface area (Å²) in [4.78, 5) is -3.28. The average molecular weight is 296 g/mol. The third-order valence-corrected chi connectivity index (χ3v) is 1.99. The quantitative estimate of drug-likeness (QED) is 0.622. The van der Waals surface area contributed by atoms with E-state index >= 15 is 0 Å². The van der Waals surface area contributed by atoms with Crippen molar-refractivity contribution in [2.75, 3.05) is 0 Å². The fraction of sp³-hybridized carbons (Fsp3) is 0.200. The predicted molar refractivity (Wildman–Crippen MR) is 58.1 cm³/mol. The van der Waals surface area contributed by atoms with Gasteiger partial charge in [0.05, 0.1) is 0 Å². The van der Waals surface area contributed by atoms with Gasteiger partial charge < -0.3 is 5.11 Å². The third kappa shape index (κ3) is 4.61. The molecule has 80 valence electrons. The van der Waals surface area contributed by atoms with Crippen LogP contribution in [0.3, 0.4) is 0 Å². The second kappa shape index (κ2) is 4.93. The highest BCUT2D eigenvalue weighted by atomic mass is 79.9. The van der Waals surface area contributed by atoms with Gasteiger partial charge in [-0.25, -0.2) is 0 Å². The van der Waals surface area contributed by atoms with Gasteiger partial charge in [-0.05, 0) is 23.6 Å². The molecule has 0 spiro atoms. The number of hydrogen-bond acceptors (Lipinski definition) is 1. The largest absolute Gasteiger partial charge is 0.376 e. The van der Waals surface area contributed by atoms with Gasteiger partial charge in [0.25, 0.3) is 0 Å². The molecule has 0 aliphatic rings. The van der Waals surface area contributed by atoms with Gasteiger partial charge in [0.1, 0.15) is 6.10 Å².